The van der Waals surface area contributed by atoms with Gasteiger partial charge in [-0.15, -0.1) is 0 Å². The van der Waals surface area contributed by atoms with E-state index in [2.05, 4.69) is 57.4 Å². The molecule has 1 saturated heterocycles. The molecule has 0 aliphatic carbocycles. The van der Waals surface area contributed by atoms with Crippen molar-refractivity contribution in [3.05, 3.63) is 71.5 Å². The van der Waals surface area contributed by atoms with E-state index in [4.69, 9.17) is 0 Å². The van der Waals surface area contributed by atoms with Gasteiger partial charge in [-0.2, -0.15) is 0 Å². The lowest BCUT2D eigenvalue weighted by atomic mass is 9.95. The van der Waals surface area contributed by atoms with Gasteiger partial charge in [0.15, 0.2) is 0 Å². The Balaban J connectivity index is 1.39. The quantitative estimate of drug-likeness (QED) is 0.675. The molecule has 0 saturated carbocycles. The van der Waals surface area contributed by atoms with E-state index in [1.807, 2.05) is 32.0 Å². The molecule has 1 N–H and O–H groups in total. The number of hydrogen-bond acceptors (Lipinski definition) is 4. The number of anilines is 2. The fourth-order valence-electron chi connectivity index (χ4n) is 4.06. The van der Waals surface area contributed by atoms with Crippen LogP contribution in [0.3, 0.4) is 0 Å². The summed E-state index contributed by atoms with van der Waals surface area (Å²) in [6.07, 6.45) is 3.27. The molecule has 154 valence electrons. The van der Waals surface area contributed by atoms with E-state index < -0.39 is 0 Å². The molecule has 5 nitrogen and oxygen atoms in total. The predicted octanol–water partition coefficient (Wildman–Crippen LogP) is 4.92. The number of carbonyl (C=O) groups is 1. The Labute approximate surface area is 178 Å². The molecule has 1 fully saturated rings. The fraction of sp³-hybridized carbons (Fsp3) is 0.320. The number of amides is 1. The number of piperidine rings is 1. The maximum absolute atomic E-state index is 12.7. The number of nitrogens with zero attached hydrogens (tertiary/aromatic N) is 3. The van der Waals surface area contributed by atoms with Gasteiger partial charge in [0.1, 0.15) is 12.1 Å². The van der Waals surface area contributed by atoms with Crippen molar-refractivity contribution in [2.75, 3.05) is 23.3 Å². The monoisotopic (exact) mass is 400 g/mol. The van der Waals surface area contributed by atoms with Gasteiger partial charge in [-0.25, -0.2) is 9.97 Å². The second kappa shape index (κ2) is 8.66. The summed E-state index contributed by atoms with van der Waals surface area (Å²) in [6, 6.07) is 16.6. The fourth-order valence-corrected chi connectivity index (χ4v) is 4.06. The lowest BCUT2D eigenvalue weighted by Gasteiger charge is -2.32. The minimum Gasteiger partial charge on any atom is -0.356 e. The van der Waals surface area contributed by atoms with Crippen LogP contribution in [0.2, 0.25) is 0 Å². The first-order chi connectivity index (χ1) is 14.5. The highest BCUT2D eigenvalue weighted by Crippen LogP contribution is 2.26. The Morgan fingerprint density at radius 2 is 1.57 bits per heavy atom. The number of aromatic nitrogens is 2. The highest BCUT2D eigenvalue weighted by atomic mass is 16.1. The lowest BCUT2D eigenvalue weighted by molar-refractivity contribution is -0.120. The Bertz CT molecular complexity index is 1020. The molecule has 2 heterocycles. The molecule has 5 heteroatoms. The molecule has 2 aromatic carbocycles. The van der Waals surface area contributed by atoms with Crippen molar-refractivity contribution in [3.63, 3.8) is 0 Å². The Morgan fingerprint density at radius 3 is 2.23 bits per heavy atom. The first-order valence-electron chi connectivity index (χ1n) is 10.5. The summed E-state index contributed by atoms with van der Waals surface area (Å²) in [5, 5.41) is 3.10. The van der Waals surface area contributed by atoms with Crippen molar-refractivity contribution < 1.29 is 4.79 Å². The molecular weight excluding hydrogens is 372 g/mol. The molecule has 0 radical (unpaired) electrons. The standard InChI is InChI=1S/C25H28N4O/c1-17-4-6-20(7-5-17)23-15-24(27-16-26-23)29-10-8-21(9-11-29)25(30)28-22-13-18(2)12-19(3)14-22/h4-7,12-16,21H,8-11H2,1-3H3,(H,28,30). The van der Waals surface area contributed by atoms with Gasteiger partial charge in [-0.3, -0.25) is 4.79 Å². The van der Waals surface area contributed by atoms with E-state index in [1.54, 1.807) is 6.33 Å². The molecule has 0 bridgehead atoms. The number of aryl methyl sites for hydroxylation is 3. The molecule has 1 aliphatic rings. The van der Waals surface area contributed by atoms with Gasteiger partial charge in [-0.1, -0.05) is 35.9 Å². The van der Waals surface area contributed by atoms with Crippen molar-refractivity contribution in [2.45, 2.75) is 33.6 Å². The summed E-state index contributed by atoms with van der Waals surface area (Å²) in [6.45, 7) is 7.81. The van der Waals surface area contributed by atoms with Crippen molar-refractivity contribution in [1.82, 2.24) is 9.97 Å². The van der Waals surface area contributed by atoms with Gasteiger partial charge in [0.05, 0.1) is 5.69 Å². The van der Waals surface area contributed by atoms with Crippen LogP contribution in [0, 0.1) is 26.7 Å². The molecule has 1 amide bonds. The van der Waals surface area contributed by atoms with E-state index in [0.29, 0.717) is 0 Å². The normalized spacial score (nSPS) is 14.6. The number of nitrogens with one attached hydrogen (secondary N) is 1. The van der Waals surface area contributed by atoms with Crippen LogP contribution in [0.25, 0.3) is 11.3 Å². The van der Waals surface area contributed by atoms with Crippen molar-refractivity contribution >= 4 is 17.4 Å². The van der Waals surface area contributed by atoms with Crippen LogP contribution < -0.4 is 10.2 Å². The van der Waals surface area contributed by atoms with E-state index in [-0.39, 0.29) is 11.8 Å². The van der Waals surface area contributed by atoms with Gasteiger partial charge in [0.25, 0.3) is 0 Å². The van der Waals surface area contributed by atoms with Crippen molar-refractivity contribution in [3.8, 4) is 11.3 Å². The molecule has 0 unspecified atom stereocenters. The van der Waals surface area contributed by atoms with Crippen LogP contribution in [0.5, 0.6) is 0 Å². The lowest BCUT2D eigenvalue weighted by Crippen LogP contribution is -2.38. The Kier molecular flexibility index (Phi) is 5.79. The molecule has 1 aromatic heterocycles. The highest BCUT2D eigenvalue weighted by molar-refractivity contribution is 5.92. The van der Waals surface area contributed by atoms with Crippen molar-refractivity contribution in [1.29, 1.82) is 0 Å². The number of carbonyl (C=O) groups excluding carboxylic acids is 1. The van der Waals surface area contributed by atoms with Crippen molar-refractivity contribution in [2.24, 2.45) is 5.92 Å². The van der Waals surface area contributed by atoms with Crippen LogP contribution >= 0.6 is 0 Å². The minimum absolute atomic E-state index is 0.0282. The molecule has 0 spiro atoms. The highest BCUT2D eigenvalue weighted by Gasteiger charge is 2.26. The third-order valence-electron chi connectivity index (χ3n) is 5.68. The smallest absolute Gasteiger partial charge is 0.227 e. The average molecular weight is 401 g/mol. The Hall–Kier alpha value is -3.21. The zero-order valence-electron chi connectivity index (χ0n) is 17.9. The third kappa shape index (κ3) is 4.67. The minimum atomic E-state index is 0.0282. The van der Waals surface area contributed by atoms with Crippen LogP contribution in [-0.2, 0) is 4.79 Å². The third-order valence-corrected chi connectivity index (χ3v) is 5.68. The van der Waals surface area contributed by atoms with Gasteiger partial charge in [0, 0.05) is 36.3 Å². The maximum atomic E-state index is 12.7. The van der Waals surface area contributed by atoms with Crippen LogP contribution in [-0.4, -0.2) is 29.0 Å². The molecule has 1 aliphatic heterocycles. The summed E-state index contributed by atoms with van der Waals surface area (Å²) in [7, 11) is 0. The van der Waals surface area contributed by atoms with E-state index in [1.165, 1.54) is 5.56 Å². The zero-order valence-corrected chi connectivity index (χ0v) is 17.9. The van der Waals surface area contributed by atoms with E-state index in [9.17, 15) is 4.79 Å². The maximum Gasteiger partial charge on any atom is 0.227 e. The number of rotatable bonds is 4. The van der Waals surface area contributed by atoms with Crippen LogP contribution in [0.1, 0.15) is 29.5 Å². The topological polar surface area (TPSA) is 58.1 Å². The molecule has 3 aromatic rings. The summed E-state index contributed by atoms with van der Waals surface area (Å²) in [5.74, 6) is 1.07. The largest absolute Gasteiger partial charge is 0.356 e. The first-order valence-corrected chi connectivity index (χ1v) is 10.5. The first kappa shape index (κ1) is 20.1. The van der Waals surface area contributed by atoms with Crippen LogP contribution in [0.4, 0.5) is 11.5 Å². The number of benzene rings is 2. The van der Waals surface area contributed by atoms with Gasteiger partial charge < -0.3 is 10.2 Å². The average Bonchev–Trinajstić information content (AvgIpc) is 2.74. The summed E-state index contributed by atoms with van der Waals surface area (Å²) >= 11 is 0. The SMILES string of the molecule is Cc1ccc(-c2cc(N3CCC(C(=O)Nc4cc(C)cc(C)c4)CC3)ncn2)cc1. The van der Waals surface area contributed by atoms with Gasteiger partial charge in [-0.05, 0) is 56.9 Å². The van der Waals surface area contributed by atoms with Crippen LogP contribution in [0.15, 0.2) is 54.9 Å². The van der Waals surface area contributed by atoms with Gasteiger partial charge >= 0.3 is 0 Å². The zero-order chi connectivity index (χ0) is 21.1. The number of hydrogen-bond donors (Lipinski definition) is 1. The predicted molar refractivity (Wildman–Crippen MR) is 122 cm³/mol. The van der Waals surface area contributed by atoms with E-state index in [0.717, 1.165) is 59.8 Å². The van der Waals surface area contributed by atoms with Gasteiger partial charge in [0.2, 0.25) is 5.91 Å². The van der Waals surface area contributed by atoms with E-state index >= 15 is 0 Å². The Morgan fingerprint density at radius 1 is 0.900 bits per heavy atom. The molecule has 4 rings (SSSR count). The summed E-state index contributed by atoms with van der Waals surface area (Å²) in [5.41, 5.74) is 6.45. The second-order valence-electron chi connectivity index (χ2n) is 8.25. The molecule has 0 atom stereocenters. The molecular formula is C25H28N4O. The summed E-state index contributed by atoms with van der Waals surface area (Å²) < 4.78 is 0. The second-order valence-corrected chi connectivity index (χ2v) is 8.25. The molecule has 30 heavy (non-hydrogen) atoms. The summed E-state index contributed by atoms with van der Waals surface area (Å²) in [4.78, 5) is 23.9.